The molecular formula is C20H35ClN4O2. The maximum absolute atomic E-state index is 12.9. The van der Waals surface area contributed by atoms with Crippen molar-refractivity contribution >= 4 is 24.3 Å². The Morgan fingerprint density at radius 1 is 0.815 bits per heavy atom. The smallest absolute Gasteiger partial charge is 0.319 e. The number of likely N-dealkylation sites (tertiary alicyclic amines) is 2. The lowest BCUT2D eigenvalue weighted by atomic mass is 9.67. The highest BCUT2D eigenvalue weighted by atomic mass is 35.5. The zero-order valence-corrected chi connectivity index (χ0v) is 17.1. The molecule has 0 radical (unpaired) electrons. The predicted octanol–water partition coefficient (Wildman–Crippen LogP) is 2.36. The topological polar surface area (TPSA) is 78.7 Å². The third kappa shape index (κ3) is 4.53. The van der Waals surface area contributed by atoms with E-state index in [-0.39, 0.29) is 30.3 Å². The number of nitrogens with two attached hydrogens (primary N) is 1. The quantitative estimate of drug-likeness (QED) is 0.749. The minimum Gasteiger partial charge on any atom is -0.353 e. The number of hydrogen-bond acceptors (Lipinski definition) is 3. The molecule has 2 heterocycles. The average molecular weight is 399 g/mol. The third-order valence-corrected chi connectivity index (χ3v) is 7.20. The molecule has 3 N–H and O–H groups in total. The molecule has 2 bridgehead atoms. The number of urea groups is 1. The van der Waals surface area contributed by atoms with E-state index in [9.17, 15) is 9.59 Å². The number of fused-ring (bicyclic) bond motifs is 2. The van der Waals surface area contributed by atoms with Crippen LogP contribution in [0.1, 0.15) is 57.8 Å². The Balaban J connectivity index is 0.00000210. The van der Waals surface area contributed by atoms with E-state index in [1.54, 1.807) is 0 Å². The predicted molar refractivity (Wildman–Crippen MR) is 108 cm³/mol. The molecule has 6 nitrogen and oxygen atoms in total. The molecule has 4 fully saturated rings. The van der Waals surface area contributed by atoms with Crippen molar-refractivity contribution in [2.75, 3.05) is 26.2 Å². The summed E-state index contributed by atoms with van der Waals surface area (Å²) in [5, 5.41) is 3.40. The van der Waals surface area contributed by atoms with Crippen LogP contribution in [0.2, 0.25) is 0 Å². The summed E-state index contributed by atoms with van der Waals surface area (Å²) in [5.41, 5.74) is 6.20. The minimum atomic E-state index is 0. The Morgan fingerprint density at radius 3 is 1.96 bits per heavy atom. The van der Waals surface area contributed by atoms with Crippen LogP contribution in [0.3, 0.4) is 0 Å². The fourth-order valence-corrected chi connectivity index (χ4v) is 5.75. The second-order valence-electron chi connectivity index (χ2n) is 8.95. The van der Waals surface area contributed by atoms with Crippen molar-refractivity contribution in [1.82, 2.24) is 15.1 Å². The molecule has 0 aromatic heterocycles. The van der Waals surface area contributed by atoms with E-state index >= 15 is 0 Å². The zero-order valence-electron chi connectivity index (χ0n) is 16.3. The highest BCUT2D eigenvalue weighted by Gasteiger charge is 2.41. The molecular weight excluding hydrogens is 364 g/mol. The van der Waals surface area contributed by atoms with Gasteiger partial charge in [-0.2, -0.15) is 0 Å². The highest BCUT2D eigenvalue weighted by molar-refractivity contribution is 5.85. The number of nitrogens with one attached hydrogen (secondary N) is 1. The molecule has 2 unspecified atom stereocenters. The monoisotopic (exact) mass is 398 g/mol. The van der Waals surface area contributed by atoms with Gasteiger partial charge in [0.15, 0.2) is 0 Å². The van der Waals surface area contributed by atoms with E-state index in [0.717, 1.165) is 64.7 Å². The molecule has 2 aliphatic heterocycles. The Labute approximate surface area is 169 Å². The van der Waals surface area contributed by atoms with Gasteiger partial charge in [-0.15, -0.1) is 12.4 Å². The largest absolute Gasteiger partial charge is 0.353 e. The molecule has 2 saturated heterocycles. The number of piperidine rings is 1. The van der Waals surface area contributed by atoms with Gasteiger partial charge in [-0.1, -0.05) is 6.42 Å². The van der Waals surface area contributed by atoms with Gasteiger partial charge in [0.25, 0.3) is 0 Å². The van der Waals surface area contributed by atoms with E-state index in [1.165, 1.54) is 19.3 Å². The van der Waals surface area contributed by atoms with Crippen LogP contribution in [-0.4, -0.2) is 60.0 Å². The number of nitrogens with zero attached hydrogens (tertiary/aromatic N) is 2. The normalized spacial score (nSPS) is 34.1. The number of carbonyl (C=O) groups excluding carboxylic acids is 2. The Bertz CT molecular complexity index is 518. The fraction of sp³-hybridized carbons (Fsp3) is 0.900. The lowest BCUT2D eigenvalue weighted by Gasteiger charge is -2.45. The van der Waals surface area contributed by atoms with Crippen molar-refractivity contribution in [3.63, 3.8) is 0 Å². The van der Waals surface area contributed by atoms with Gasteiger partial charge in [-0.05, 0) is 63.2 Å². The molecule has 2 atom stereocenters. The first kappa shape index (κ1) is 20.7. The van der Waals surface area contributed by atoms with Gasteiger partial charge >= 0.3 is 6.03 Å². The first-order chi connectivity index (χ1) is 12.6. The summed E-state index contributed by atoms with van der Waals surface area (Å²) in [6, 6.07) is 0.829. The van der Waals surface area contributed by atoms with Gasteiger partial charge in [-0.25, -0.2) is 4.79 Å². The van der Waals surface area contributed by atoms with Crippen molar-refractivity contribution in [3.8, 4) is 0 Å². The number of halogens is 1. The first-order valence-corrected chi connectivity index (χ1v) is 10.7. The number of amides is 3. The van der Waals surface area contributed by atoms with Gasteiger partial charge in [0.2, 0.25) is 5.91 Å². The number of carbonyl (C=O) groups is 2. The summed E-state index contributed by atoms with van der Waals surface area (Å²) in [4.78, 5) is 29.3. The molecule has 154 valence electrons. The summed E-state index contributed by atoms with van der Waals surface area (Å²) in [5.74, 6) is 1.42. The first-order valence-electron chi connectivity index (χ1n) is 10.7. The summed E-state index contributed by atoms with van der Waals surface area (Å²) in [6.07, 6.45) is 9.66. The van der Waals surface area contributed by atoms with E-state index in [1.807, 2.05) is 9.80 Å². The molecule has 2 saturated carbocycles. The van der Waals surface area contributed by atoms with Crippen LogP contribution in [0.25, 0.3) is 0 Å². The number of rotatable bonds is 2. The second-order valence-corrected chi connectivity index (χ2v) is 8.95. The summed E-state index contributed by atoms with van der Waals surface area (Å²) >= 11 is 0. The standard InChI is InChI=1S/C20H34N4O2.ClH/c21-17-12-15-4-3-5-16(13-17)18(15)22-19(25)14-6-10-24(11-7-14)20(26)23-8-1-2-9-23;/h14-18H,1-13,21H2,(H,22,25);1H. The van der Waals surface area contributed by atoms with Crippen molar-refractivity contribution < 1.29 is 9.59 Å². The van der Waals surface area contributed by atoms with Crippen molar-refractivity contribution in [2.24, 2.45) is 23.5 Å². The average Bonchev–Trinajstić information content (AvgIpc) is 3.16. The van der Waals surface area contributed by atoms with E-state index in [2.05, 4.69) is 5.32 Å². The third-order valence-electron chi connectivity index (χ3n) is 7.20. The molecule has 3 amide bonds. The second kappa shape index (κ2) is 8.99. The van der Waals surface area contributed by atoms with E-state index < -0.39 is 0 Å². The van der Waals surface area contributed by atoms with Crippen LogP contribution in [0, 0.1) is 17.8 Å². The van der Waals surface area contributed by atoms with E-state index in [0.29, 0.717) is 23.9 Å². The molecule has 4 aliphatic rings. The molecule has 2 aliphatic carbocycles. The maximum atomic E-state index is 12.9. The highest BCUT2D eigenvalue weighted by Crippen LogP contribution is 2.40. The van der Waals surface area contributed by atoms with Crippen LogP contribution < -0.4 is 11.1 Å². The van der Waals surface area contributed by atoms with Gasteiger partial charge < -0.3 is 20.9 Å². The SMILES string of the molecule is Cl.NC1CC2CCCC(C1)C2NC(=O)C1CCN(C(=O)N2CCCC2)CC1. The molecule has 0 spiro atoms. The summed E-state index contributed by atoms with van der Waals surface area (Å²) < 4.78 is 0. The van der Waals surface area contributed by atoms with Crippen molar-refractivity contribution in [3.05, 3.63) is 0 Å². The molecule has 7 heteroatoms. The number of hydrogen-bond donors (Lipinski definition) is 2. The Hall–Kier alpha value is -1.01. The van der Waals surface area contributed by atoms with Crippen molar-refractivity contribution in [1.29, 1.82) is 0 Å². The van der Waals surface area contributed by atoms with Gasteiger partial charge in [0, 0.05) is 44.2 Å². The van der Waals surface area contributed by atoms with Gasteiger partial charge in [0.1, 0.15) is 0 Å². The zero-order chi connectivity index (χ0) is 18.1. The molecule has 0 aromatic rings. The Kier molecular flexibility index (Phi) is 6.90. The van der Waals surface area contributed by atoms with Gasteiger partial charge in [0.05, 0.1) is 0 Å². The molecule has 4 rings (SSSR count). The summed E-state index contributed by atoms with van der Waals surface area (Å²) in [7, 11) is 0. The minimum absolute atomic E-state index is 0. The van der Waals surface area contributed by atoms with Crippen LogP contribution in [0.4, 0.5) is 4.79 Å². The molecule has 0 aromatic carbocycles. The Morgan fingerprint density at radius 2 is 1.37 bits per heavy atom. The molecule has 27 heavy (non-hydrogen) atoms. The van der Waals surface area contributed by atoms with Crippen molar-refractivity contribution in [2.45, 2.75) is 69.9 Å². The van der Waals surface area contributed by atoms with Crippen LogP contribution in [0.5, 0.6) is 0 Å². The summed E-state index contributed by atoms with van der Waals surface area (Å²) in [6.45, 7) is 3.23. The lowest BCUT2D eigenvalue weighted by molar-refractivity contribution is -0.128. The lowest BCUT2D eigenvalue weighted by Crippen LogP contribution is -2.55. The van der Waals surface area contributed by atoms with E-state index in [4.69, 9.17) is 5.73 Å². The van der Waals surface area contributed by atoms with Crippen LogP contribution in [-0.2, 0) is 4.79 Å². The maximum Gasteiger partial charge on any atom is 0.319 e. The van der Waals surface area contributed by atoms with Crippen LogP contribution in [0.15, 0.2) is 0 Å². The fourth-order valence-electron chi connectivity index (χ4n) is 5.75. The van der Waals surface area contributed by atoms with Gasteiger partial charge in [-0.3, -0.25) is 4.79 Å². The van der Waals surface area contributed by atoms with Crippen LogP contribution >= 0.6 is 12.4 Å².